The fourth-order valence-corrected chi connectivity index (χ4v) is 3.73. The van der Waals surface area contributed by atoms with Crippen molar-refractivity contribution in [3.63, 3.8) is 0 Å². The summed E-state index contributed by atoms with van der Waals surface area (Å²) in [7, 11) is -3.84. The van der Waals surface area contributed by atoms with Gasteiger partial charge in [-0.25, -0.2) is 8.42 Å². The largest absolute Gasteiger partial charge is 0.396 e. The van der Waals surface area contributed by atoms with Crippen molar-refractivity contribution in [1.82, 2.24) is 0 Å². The number of sulfonamides is 1. The van der Waals surface area contributed by atoms with Gasteiger partial charge in [-0.2, -0.15) is 0 Å². The van der Waals surface area contributed by atoms with Gasteiger partial charge in [0, 0.05) is 10.2 Å². The lowest BCUT2D eigenvalue weighted by Crippen LogP contribution is -2.14. The minimum atomic E-state index is -3.84. The zero-order chi connectivity index (χ0) is 14.9. The fraction of sp³-hybridized carbons (Fsp3) is 0. The van der Waals surface area contributed by atoms with Crippen LogP contribution in [0.2, 0.25) is 10.0 Å². The number of hydrogen-bond donors (Lipinski definition) is 2. The summed E-state index contributed by atoms with van der Waals surface area (Å²) in [4.78, 5) is -0.124. The maximum absolute atomic E-state index is 12.3. The molecule has 3 N–H and O–H groups in total. The van der Waals surface area contributed by atoms with Gasteiger partial charge in [0.2, 0.25) is 0 Å². The number of anilines is 2. The summed E-state index contributed by atoms with van der Waals surface area (Å²) in [6.07, 6.45) is 0. The molecule has 0 aliphatic carbocycles. The molecule has 0 bridgehead atoms. The highest BCUT2D eigenvalue weighted by atomic mass is 79.9. The number of halogens is 3. The lowest BCUT2D eigenvalue weighted by atomic mass is 10.3. The summed E-state index contributed by atoms with van der Waals surface area (Å²) in [5.41, 5.74) is 6.07. The SMILES string of the molecule is Nc1c(Cl)ccc(S(=O)(=O)Nc2cccc(Br)c2)c1Cl. The molecule has 2 aromatic rings. The lowest BCUT2D eigenvalue weighted by Gasteiger charge is -2.11. The first-order chi connectivity index (χ1) is 9.31. The molecule has 0 unspecified atom stereocenters. The van der Waals surface area contributed by atoms with E-state index >= 15 is 0 Å². The molecule has 0 amide bonds. The van der Waals surface area contributed by atoms with Gasteiger partial charge < -0.3 is 5.73 Å². The molecule has 0 spiro atoms. The molecule has 8 heteroatoms. The van der Waals surface area contributed by atoms with Crippen LogP contribution < -0.4 is 10.5 Å². The second-order valence-electron chi connectivity index (χ2n) is 3.89. The number of nitrogen functional groups attached to an aromatic ring is 1. The monoisotopic (exact) mass is 394 g/mol. The Morgan fingerprint density at radius 1 is 1.15 bits per heavy atom. The molecular weight excluding hydrogens is 387 g/mol. The third-order valence-electron chi connectivity index (χ3n) is 2.46. The van der Waals surface area contributed by atoms with Crippen LogP contribution in [0.25, 0.3) is 0 Å². The van der Waals surface area contributed by atoms with E-state index in [1.807, 2.05) is 0 Å². The second-order valence-corrected chi connectivity index (χ2v) is 7.24. The second kappa shape index (κ2) is 5.81. The fourth-order valence-electron chi connectivity index (χ4n) is 1.52. The predicted molar refractivity (Wildman–Crippen MR) is 85.8 cm³/mol. The minimum Gasteiger partial charge on any atom is -0.396 e. The van der Waals surface area contributed by atoms with Gasteiger partial charge in [0.25, 0.3) is 10.0 Å². The first-order valence-corrected chi connectivity index (χ1v) is 8.36. The van der Waals surface area contributed by atoms with Gasteiger partial charge in [-0.15, -0.1) is 0 Å². The van der Waals surface area contributed by atoms with Crippen molar-refractivity contribution in [2.24, 2.45) is 0 Å². The van der Waals surface area contributed by atoms with Gasteiger partial charge in [-0.1, -0.05) is 45.2 Å². The Morgan fingerprint density at radius 2 is 1.85 bits per heavy atom. The van der Waals surface area contributed by atoms with Crippen LogP contribution in [-0.2, 0) is 10.0 Å². The van der Waals surface area contributed by atoms with Crippen molar-refractivity contribution in [2.45, 2.75) is 4.90 Å². The van der Waals surface area contributed by atoms with E-state index in [9.17, 15) is 8.42 Å². The maximum Gasteiger partial charge on any atom is 0.263 e. The summed E-state index contributed by atoms with van der Waals surface area (Å²) in [6, 6.07) is 9.44. The van der Waals surface area contributed by atoms with Crippen molar-refractivity contribution in [2.75, 3.05) is 10.5 Å². The van der Waals surface area contributed by atoms with Crippen LogP contribution in [0.1, 0.15) is 0 Å². The van der Waals surface area contributed by atoms with Gasteiger partial charge in [-0.3, -0.25) is 4.72 Å². The number of benzene rings is 2. The van der Waals surface area contributed by atoms with Gasteiger partial charge in [0.1, 0.15) is 4.90 Å². The summed E-state index contributed by atoms with van der Waals surface area (Å²) in [5.74, 6) is 0. The van der Waals surface area contributed by atoms with Crippen LogP contribution >= 0.6 is 39.1 Å². The van der Waals surface area contributed by atoms with Crippen molar-refractivity contribution < 1.29 is 8.42 Å². The third-order valence-corrected chi connectivity index (χ3v) is 5.22. The van der Waals surface area contributed by atoms with E-state index in [-0.39, 0.29) is 20.6 Å². The zero-order valence-electron chi connectivity index (χ0n) is 9.90. The minimum absolute atomic E-state index is 0.0328. The van der Waals surface area contributed by atoms with E-state index in [1.54, 1.807) is 24.3 Å². The first-order valence-electron chi connectivity index (χ1n) is 5.33. The number of nitrogens with two attached hydrogens (primary N) is 1. The highest BCUT2D eigenvalue weighted by molar-refractivity contribution is 9.10. The van der Waals surface area contributed by atoms with Crippen LogP contribution in [0.3, 0.4) is 0 Å². The molecule has 0 saturated heterocycles. The molecule has 0 atom stereocenters. The maximum atomic E-state index is 12.3. The Morgan fingerprint density at radius 3 is 2.50 bits per heavy atom. The average Bonchev–Trinajstić information content (AvgIpc) is 2.35. The summed E-state index contributed by atoms with van der Waals surface area (Å²) in [5, 5.41) is 0.108. The molecule has 0 radical (unpaired) electrons. The van der Waals surface area contributed by atoms with Crippen LogP contribution in [-0.4, -0.2) is 8.42 Å². The van der Waals surface area contributed by atoms with Crippen molar-refractivity contribution >= 4 is 60.5 Å². The summed E-state index contributed by atoms with van der Waals surface area (Å²) >= 11 is 15.0. The van der Waals surface area contributed by atoms with Crippen LogP contribution in [0.15, 0.2) is 45.8 Å². The molecule has 0 heterocycles. The van der Waals surface area contributed by atoms with E-state index in [0.29, 0.717) is 5.69 Å². The smallest absolute Gasteiger partial charge is 0.263 e. The van der Waals surface area contributed by atoms with E-state index < -0.39 is 10.0 Å². The standard InChI is InChI=1S/C12H9BrCl2N2O2S/c13-7-2-1-3-8(6-7)17-20(18,19)10-5-4-9(14)12(16)11(10)15/h1-6,17H,16H2. The Kier molecular flexibility index (Phi) is 4.49. The Balaban J connectivity index is 2.44. The Labute approximate surface area is 135 Å². The van der Waals surface area contributed by atoms with Crippen molar-refractivity contribution in [1.29, 1.82) is 0 Å². The van der Waals surface area contributed by atoms with Crippen LogP contribution in [0.4, 0.5) is 11.4 Å². The summed E-state index contributed by atoms with van der Waals surface area (Å²) in [6.45, 7) is 0. The first kappa shape index (κ1) is 15.4. The topological polar surface area (TPSA) is 72.2 Å². The highest BCUT2D eigenvalue weighted by Crippen LogP contribution is 2.34. The van der Waals surface area contributed by atoms with E-state index in [0.717, 1.165) is 4.47 Å². The molecule has 0 fully saturated rings. The van der Waals surface area contributed by atoms with Gasteiger partial charge in [0.15, 0.2) is 0 Å². The third kappa shape index (κ3) is 3.20. The molecule has 106 valence electrons. The summed E-state index contributed by atoms with van der Waals surface area (Å²) < 4.78 is 27.7. The number of hydrogen-bond acceptors (Lipinski definition) is 3. The average molecular weight is 396 g/mol. The molecule has 0 aliphatic heterocycles. The molecular formula is C12H9BrCl2N2O2S. The van der Waals surface area contributed by atoms with Gasteiger partial charge >= 0.3 is 0 Å². The quantitative estimate of drug-likeness (QED) is 0.767. The molecule has 2 rings (SSSR count). The van der Waals surface area contributed by atoms with Crippen molar-refractivity contribution in [3.8, 4) is 0 Å². The number of rotatable bonds is 3. The van der Waals surface area contributed by atoms with Crippen molar-refractivity contribution in [3.05, 3.63) is 50.9 Å². The molecule has 4 nitrogen and oxygen atoms in total. The predicted octanol–water partition coefficient (Wildman–Crippen LogP) is 4.14. The van der Waals surface area contributed by atoms with Gasteiger partial charge in [-0.05, 0) is 30.3 Å². The van der Waals surface area contributed by atoms with E-state index in [4.69, 9.17) is 28.9 Å². The normalized spacial score (nSPS) is 11.3. The Bertz CT molecular complexity index is 766. The molecule has 20 heavy (non-hydrogen) atoms. The van der Waals surface area contributed by atoms with E-state index in [1.165, 1.54) is 12.1 Å². The molecule has 0 aromatic heterocycles. The molecule has 0 aliphatic rings. The van der Waals surface area contributed by atoms with Crippen LogP contribution in [0.5, 0.6) is 0 Å². The highest BCUT2D eigenvalue weighted by Gasteiger charge is 2.20. The number of nitrogens with one attached hydrogen (secondary N) is 1. The molecule has 0 saturated carbocycles. The zero-order valence-corrected chi connectivity index (χ0v) is 13.8. The van der Waals surface area contributed by atoms with E-state index in [2.05, 4.69) is 20.7 Å². The molecule has 2 aromatic carbocycles. The lowest BCUT2D eigenvalue weighted by molar-refractivity contribution is 0.601. The van der Waals surface area contributed by atoms with Crippen LogP contribution in [0, 0.1) is 0 Å². The van der Waals surface area contributed by atoms with Gasteiger partial charge in [0.05, 0.1) is 15.7 Å². The Hall–Kier alpha value is -0.950.